The van der Waals surface area contributed by atoms with Gasteiger partial charge in [-0.1, -0.05) is 36.4 Å². The summed E-state index contributed by atoms with van der Waals surface area (Å²) in [4.78, 5) is 18.1. The van der Waals surface area contributed by atoms with E-state index in [1.54, 1.807) is 32.4 Å². The number of carbonyl (C=O) groups is 1. The molecule has 0 bridgehead atoms. The number of nitrogens with zero attached hydrogens (tertiary/aromatic N) is 2. The number of rotatable bonds is 4. The molecule has 2 aliphatic heterocycles. The Morgan fingerprint density at radius 1 is 0.882 bits per heavy atom. The van der Waals surface area contributed by atoms with Gasteiger partial charge in [0.25, 0.3) is 5.91 Å². The fourth-order valence-corrected chi connectivity index (χ4v) is 5.09. The van der Waals surface area contributed by atoms with Crippen molar-refractivity contribution >= 4 is 23.0 Å². The van der Waals surface area contributed by atoms with Gasteiger partial charge in [-0.15, -0.1) is 0 Å². The first-order valence-corrected chi connectivity index (χ1v) is 11.8. The van der Waals surface area contributed by atoms with Gasteiger partial charge in [0, 0.05) is 29.1 Å². The number of benzene rings is 3. The van der Waals surface area contributed by atoms with Crippen LogP contribution in [-0.2, 0) is 6.42 Å². The van der Waals surface area contributed by atoms with Gasteiger partial charge in [0.05, 0.1) is 25.9 Å². The number of carbonyl (C=O) groups excluding carboxylic acids is 1. The number of ether oxygens (including phenoxy) is 2. The summed E-state index contributed by atoms with van der Waals surface area (Å²) in [5, 5.41) is 0. The summed E-state index contributed by atoms with van der Waals surface area (Å²) in [5.41, 5.74) is 6.40. The van der Waals surface area contributed by atoms with E-state index in [1.807, 2.05) is 23.1 Å². The molecule has 1 unspecified atom stereocenters. The average Bonchev–Trinajstić information content (AvgIpc) is 3.10. The quantitative estimate of drug-likeness (QED) is 0.490. The predicted octanol–water partition coefficient (Wildman–Crippen LogP) is 5.94. The van der Waals surface area contributed by atoms with Crippen molar-refractivity contribution in [1.29, 1.82) is 0 Å². The molecule has 1 amide bonds. The monoisotopic (exact) mass is 454 g/mol. The normalized spacial score (nSPS) is 17.3. The van der Waals surface area contributed by atoms with Crippen molar-refractivity contribution in [3.05, 3.63) is 89.5 Å². The van der Waals surface area contributed by atoms with Crippen LogP contribution in [0.2, 0.25) is 0 Å². The summed E-state index contributed by atoms with van der Waals surface area (Å²) in [6.07, 6.45) is 5.64. The molecule has 2 aliphatic rings. The van der Waals surface area contributed by atoms with Crippen molar-refractivity contribution in [2.24, 2.45) is 0 Å². The third-order valence-electron chi connectivity index (χ3n) is 6.75. The predicted molar refractivity (Wildman–Crippen MR) is 137 cm³/mol. The number of anilines is 2. The van der Waals surface area contributed by atoms with E-state index in [0.29, 0.717) is 17.1 Å². The molecule has 3 aromatic rings. The summed E-state index contributed by atoms with van der Waals surface area (Å²) in [7, 11) is 3.18. The molecule has 1 atom stereocenters. The molecule has 5 heteroatoms. The summed E-state index contributed by atoms with van der Waals surface area (Å²) in [5.74, 6) is 1.09. The molecule has 174 valence electrons. The Labute approximate surface area is 201 Å². The van der Waals surface area contributed by atoms with Crippen LogP contribution in [0.25, 0.3) is 5.70 Å². The lowest BCUT2D eigenvalue weighted by atomic mass is 9.97. The summed E-state index contributed by atoms with van der Waals surface area (Å²) >= 11 is 0. The molecule has 0 aliphatic carbocycles. The van der Waals surface area contributed by atoms with E-state index in [4.69, 9.17) is 9.47 Å². The Balaban J connectivity index is 1.57. The lowest BCUT2D eigenvalue weighted by molar-refractivity contribution is 0.0982. The highest BCUT2D eigenvalue weighted by Crippen LogP contribution is 2.41. The molecule has 0 N–H and O–H groups in total. The van der Waals surface area contributed by atoms with Gasteiger partial charge in [-0.3, -0.25) is 4.79 Å². The van der Waals surface area contributed by atoms with Crippen molar-refractivity contribution < 1.29 is 14.3 Å². The SMILES string of the molecule is COc1ccc(C(=O)N2c3ccccc3C(N3CCCCc4ccccc43)=CC2C)cc1OC. The maximum Gasteiger partial charge on any atom is 0.258 e. The number of hydrogen-bond donors (Lipinski definition) is 0. The Morgan fingerprint density at radius 2 is 1.62 bits per heavy atom. The number of methoxy groups -OCH3 is 2. The lowest BCUT2D eigenvalue weighted by Crippen LogP contribution is -2.42. The van der Waals surface area contributed by atoms with Crippen LogP contribution in [0.15, 0.2) is 72.8 Å². The van der Waals surface area contributed by atoms with Gasteiger partial charge < -0.3 is 19.3 Å². The third kappa shape index (κ3) is 3.81. The topological polar surface area (TPSA) is 42.0 Å². The van der Waals surface area contributed by atoms with E-state index in [1.165, 1.54) is 23.4 Å². The standard InChI is InChI=1S/C29H30N2O3/c1-20-18-26(30-17-9-8-11-21-10-4-6-13-24(21)30)23-12-5-7-14-25(23)31(20)29(32)22-15-16-27(33-2)28(19-22)34-3/h4-7,10,12-16,18-20H,8-9,11,17H2,1-3H3. The number of amides is 1. The number of para-hydroxylation sites is 2. The Hall–Kier alpha value is -3.73. The van der Waals surface area contributed by atoms with Gasteiger partial charge in [0.15, 0.2) is 11.5 Å². The zero-order chi connectivity index (χ0) is 23.7. The van der Waals surface area contributed by atoms with Crippen LogP contribution in [0.1, 0.15) is 41.3 Å². The molecule has 0 radical (unpaired) electrons. The van der Waals surface area contributed by atoms with Crippen molar-refractivity contribution in [2.45, 2.75) is 32.2 Å². The van der Waals surface area contributed by atoms with Crippen LogP contribution >= 0.6 is 0 Å². The highest BCUT2D eigenvalue weighted by atomic mass is 16.5. The zero-order valence-corrected chi connectivity index (χ0v) is 20.0. The van der Waals surface area contributed by atoms with Gasteiger partial charge in [-0.2, -0.15) is 0 Å². The zero-order valence-electron chi connectivity index (χ0n) is 20.0. The highest BCUT2D eigenvalue weighted by molar-refractivity contribution is 6.10. The Bertz CT molecular complexity index is 1250. The van der Waals surface area contributed by atoms with E-state index in [9.17, 15) is 4.79 Å². The molecule has 0 spiro atoms. The number of aryl methyl sites for hydroxylation is 1. The van der Waals surface area contributed by atoms with E-state index >= 15 is 0 Å². The fraction of sp³-hybridized carbons (Fsp3) is 0.276. The van der Waals surface area contributed by atoms with Gasteiger partial charge in [0.1, 0.15) is 0 Å². The lowest BCUT2D eigenvalue weighted by Gasteiger charge is -2.38. The van der Waals surface area contributed by atoms with E-state index in [-0.39, 0.29) is 11.9 Å². The maximum absolute atomic E-state index is 13.8. The second kappa shape index (κ2) is 9.26. The van der Waals surface area contributed by atoms with E-state index in [0.717, 1.165) is 30.6 Å². The minimum Gasteiger partial charge on any atom is -0.493 e. The Morgan fingerprint density at radius 3 is 2.41 bits per heavy atom. The summed E-state index contributed by atoms with van der Waals surface area (Å²) < 4.78 is 10.8. The van der Waals surface area contributed by atoms with Crippen LogP contribution in [0.5, 0.6) is 11.5 Å². The van der Waals surface area contributed by atoms with Crippen molar-refractivity contribution in [1.82, 2.24) is 0 Å². The highest BCUT2D eigenvalue weighted by Gasteiger charge is 2.32. The largest absolute Gasteiger partial charge is 0.493 e. The molecular formula is C29H30N2O3. The van der Waals surface area contributed by atoms with Gasteiger partial charge in [0.2, 0.25) is 0 Å². The Kier molecular flexibility index (Phi) is 6.01. The first-order valence-electron chi connectivity index (χ1n) is 11.8. The molecule has 34 heavy (non-hydrogen) atoms. The number of fused-ring (bicyclic) bond motifs is 2. The van der Waals surface area contributed by atoms with Crippen molar-refractivity contribution in [3.63, 3.8) is 0 Å². The molecule has 2 heterocycles. The molecule has 0 saturated carbocycles. The van der Waals surface area contributed by atoms with Crippen LogP contribution in [0, 0.1) is 0 Å². The molecule has 0 aromatic heterocycles. The second-order valence-electron chi connectivity index (χ2n) is 8.79. The minimum atomic E-state index is -0.110. The molecule has 3 aromatic carbocycles. The first-order chi connectivity index (χ1) is 16.6. The molecule has 0 saturated heterocycles. The smallest absolute Gasteiger partial charge is 0.258 e. The average molecular weight is 455 g/mol. The molecule has 0 fully saturated rings. The van der Waals surface area contributed by atoms with E-state index in [2.05, 4.69) is 48.2 Å². The van der Waals surface area contributed by atoms with Crippen molar-refractivity contribution in [3.8, 4) is 11.5 Å². The molecular weight excluding hydrogens is 424 g/mol. The van der Waals surface area contributed by atoms with Crippen LogP contribution in [0.3, 0.4) is 0 Å². The second-order valence-corrected chi connectivity index (χ2v) is 8.79. The van der Waals surface area contributed by atoms with Crippen LogP contribution in [-0.4, -0.2) is 32.7 Å². The van der Waals surface area contributed by atoms with Crippen LogP contribution in [0.4, 0.5) is 11.4 Å². The van der Waals surface area contributed by atoms with Gasteiger partial charge in [-0.05, 0) is 68.2 Å². The minimum absolute atomic E-state index is 0.0625. The number of hydrogen-bond acceptors (Lipinski definition) is 4. The van der Waals surface area contributed by atoms with Crippen LogP contribution < -0.4 is 19.3 Å². The van der Waals surface area contributed by atoms with Gasteiger partial charge in [-0.25, -0.2) is 0 Å². The maximum atomic E-state index is 13.8. The third-order valence-corrected chi connectivity index (χ3v) is 6.75. The van der Waals surface area contributed by atoms with Crippen molar-refractivity contribution in [2.75, 3.05) is 30.6 Å². The molecule has 5 nitrogen and oxygen atoms in total. The fourth-order valence-electron chi connectivity index (χ4n) is 5.09. The summed E-state index contributed by atoms with van der Waals surface area (Å²) in [6, 6.07) is 22.1. The van der Waals surface area contributed by atoms with Gasteiger partial charge >= 0.3 is 0 Å². The first kappa shape index (κ1) is 22.1. The summed E-state index contributed by atoms with van der Waals surface area (Å²) in [6.45, 7) is 3.05. The molecule has 5 rings (SSSR count). The van der Waals surface area contributed by atoms with E-state index < -0.39 is 0 Å².